The van der Waals surface area contributed by atoms with Crippen LogP contribution in [0, 0.1) is 0 Å². The van der Waals surface area contributed by atoms with Crippen molar-refractivity contribution in [2.75, 3.05) is 11.9 Å². The zero-order valence-electron chi connectivity index (χ0n) is 7.11. The van der Waals surface area contributed by atoms with Gasteiger partial charge in [0.1, 0.15) is 6.61 Å². The summed E-state index contributed by atoms with van der Waals surface area (Å²) in [5.41, 5.74) is 0. The second-order valence-electron chi connectivity index (χ2n) is 2.40. The van der Waals surface area contributed by atoms with Crippen LogP contribution >= 0.6 is 15.9 Å². The number of para-hydroxylation sites is 2. The van der Waals surface area contributed by atoms with E-state index in [2.05, 4.69) is 15.9 Å². The van der Waals surface area contributed by atoms with E-state index in [4.69, 9.17) is 4.74 Å². The number of hydrogen-bond donors (Lipinski definition) is 1. The Morgan fingerprint density at radius 3 is 2.77 bits per heavy atom. The minimum absolute atomic E-state index is 0.176. The molecule has 0 bridgehead atoms. The fourth-order valence-electron chi connectivity index (χ4n) is 0.848. The minimum Gasteiger partial charge on any atom is -0.504 e. The molecule has 1 rings (SSSR count). The molecule has 0 aromatic heterocycles. The zero-order valence-corrected chi connectivity index (χ0v) is 8.70. The molecule has 0 radical (unpaired) electrons. The first kappa shape index (κ1) is 10.1. The number of ether oxygens (including phenoxy) is 1. The average Bonchev–Trinajstić information content (AvgIpc) is 2.15. The fraction of sp³-hybridized carbons (Fsp3) is 0.200. The van der Waals surface area contributed by atoms with Gasteiger partial charge in [-0.25, -0.2) is 0 Å². The van der Waals surface area contributed by atoms with Crippen molar-refractivity contribution < 1.29 is 9.84 Å². The van der Waals surface area contributed by atoms with Gasteiger partial charge < -0.3 is 9.84 Å². The van der Waals surface area contributed by atoms with Gasteiger partial charge in [0.2, 0.25) is 0 Å². The van der Waals surface area contributed by atoms with Crippen LogP contribution in [-0.4, -0.2) is 17.0 Å². The summed E-state index contributed by atoms with van der Waals surface area (Å²) in [5.74, 6) is 0.691. The van der Waals surface area contributed by atoms with E-state index >= 15 is 0 Å². The van der Waals surface area contributed by atoms with Crippen molar-refractivity contribution in [3.63, 3.8) is 0 Å². The Balaban J connectivity index is 2.45. The summed E-state index contributed by atoms with van der Waals surface area (Å²) in [5, 5.41) is 10.1. The maximum Gasteiger partial charge on any atom is 0.161 e. The molecule has 0 saturated heterocycles. The molecule has 0 spiro atoms. The lowest BCUT2D eigenvalue weighted by molar-refractivity contribution is 0.336. The molecule has 0 unspecified atom stereocenters. The van der Waals surface area contributed by atoms with Gasteiger partial charge in [0.05, 0.1) is 0 Å². The van der Waals surface area contributed by atoms with Crippen LogP contribution in [0.4, 0.5) is 0 Å². The molecule has 1 aromatic rings. The Morgan fingerprint density at radius 2 is 2.08 bits per heavy atom. The fourth-order valence-corrected chi connectivity index (χ4v) is 1.11. The van der Waals surface area contributed by atoms with Crippen LogP contribution in [0.15, 0.2) is 36.4 Å². The molecular weight excluding hydrogens is 232 g/mol. The molecule has 0 aliphatic heterocycles. The summed E-state index contributed by atoms with van der Waals surface area (Å²) in [6, 6.07) is 6.92. The summed E-state index contributed by atoms with van der Waals surface area (Å²) < 4.78 is 5.28. The highest BCUT2D eigenvalue weighted by Crippen LogP contribution is 2.23. The van der Waals surface area contributed by atoms with E-state index in [1.54, 1.807) is 18.2 Å². The van der Waals surface area contributed by atoms with E-state index < -0.39 is 0 Å². The van der Waals surface area contributed by atoms with Gasteiger partial charge in [0.25, 0.3) is 0 Å². The van der Waals surface area contributed by atoms with E-state index in [9.17, 15) is 5.11 Å². The van der Waals surface area contributed by atoms with Crippen molar-refractivity contribution in [1.29, 1.82) is 0 Å². The number of halogens is 1. The van der Waals surface area contributed by atoms with Crippen molar-refractivity contribution in [3.8, 4) is 11.5 Å². The number of benzene rings is 1. The van der Waals surface area contributed by atoms with E-state index in [0.717, 1.165) is 5.33 Å². The molecule has 0 amide bonds. The van der Waals surface area contributed by atoms with Crippen molar-refractivity contribution in [3.05, 3.63) is 36.4 Å². The van der Waals surface area contributed by atoms with E-state index in [1.165, 1.54) is 0 Å². The first-order valence-electron chi connectivity index (χ1n) is 3.96. The van der Waals surface area contributed by atoms with Gasteiger partial charge in [0, 0.05) is 5.33 Å². The lowest BCUT2D eigenvalue weighted by Gasteiger charge is -2.03. The van der Waals surface area contributed by atoms with Crippen LogP contribution in [0.3, 0.4) is 0 Å². The molecule has 1 N–H and O–H groups in total. The third-order valence-corrected chi connectivity index (χ3v) is 1.83. The molecule has 13 heavy (non-hydrogen) atoms. The van der Waals surface area contributed by atoms with Gasteiger partial charge in [-0.05, 0) is 12.1 Å². The maximum absolute atomic E-state index is 9.31. The Labute approximate surface area is 86.0 Å². The maximum atomic E-state index is 9.31. The number of phenolic OH excluding ortho intramolecular Hbond substituents is 1. The van der Waals surface area contributed by atoms with Crippen LogP contribution in [0.1, 0.15) is 0 Å². The molecule has 0 aliphatic rings. The number of aromatic hydroxyl groups is 1. The number of allylic oxidation sites excluding steroid dienone is 1. The highest BCUT2D eigenvalue weighted by atomic mass is 79.9. The molecule has 0 saturated carbocycles. The molecule has 1 aromatic carbocycles. The summed E-state index contributed by atoms with van der Waals surface area (Å²) >= 11 is 3.26. The number of rotatable bonds is 4. The van der Waals surface area contributed by atoms with Crippen molar-refractivity contribution >= 4 is 15.9 Å². The topological polar surface area (TPSA) is 29.5 Å². The molecule has 0 atom stereocenters. The predicted molar refractivity (Wildman–Crippen MR) is 56.5 cm³/mol. The third kappa shape index (κ3) is 3.51. The largest absolute Gasteiger partial charge is 0.504 e. The number of phenols is 1. The van der Waals surface area contributed by atoms with Crippen molar-refractivity contribution in [2.24, 2.45) is 0 Å². The lowest BCUT2D eigenvalue weighted by Crippen LogP contribution is -1.93. The Morgan fingerprint density at radius 1 is 1.31 bits per heavy atom. The van der Waals surface area contributed by atoms with Crippen LogP contribution in [0.25, 0.3) is 0 Å². The smallest absolute Gasteiger partial charge is 0.161 e. The van der Waals surface area contributed by atoms with Crippen molar-refractivity contribution in [1.82, 2.24) is 0 Å². The highest BCUT2D eigenvalue weighted by molar-refractivity contribution is 9.09. The Bertz CT molecular complexity index is 284. The summed E-state index contributed by atoms with van der Waals surface area (Å²) in [6.45, 7) is 0.475. The monoisotopic (exact) mass is 242 g/mol. The van der Waals surface area contributed by atoms with Gasteiger partial charge in [-0.1, -0.05) is 40.2 Å². The Kier molecular flexibility index (Phi) is 4.40. The van der Waals surface area contributed by atoms with Crippen LogP contribution in [0.2, 0.25) is 0 Å². The van der Waals surface area contributed by atoms with Crippen LogP contribution in [0.5, 0.6) is 11.5 Å². The highest BCUT2D eigenvalue weighted by Gasteiger charge is 1.97. The first-order valence-corrected chi connectivity index (χ1v) is 5.08. The average molecular weight is 243 g/mol. The van der Waals surface area contributed by atoms with Gasteiger partial charge in [-0.2, -0.15) is 0 Å². The SMILES string of the molecule is Oc1ccccc1OCC=CCBr. The summed E-state index contributed by atoms with van der Waals surface area (Å²) in [4.78, 5) is 0. The predicted octanol–water partition coefficient (Wildman–Crippen LogP) is 2.72. The molecule has 0 aliphatic carbocycles. The van der Waals surface area contributed by atoms with E-state index in [1.807, 2.05) is 18.2 Å². The molecule has 70 valence electrons. The molecule has 0 fully saturated rings. The zero-order chi connectivity index (χ0) is 9.52. The van der Waals surface area contributed by atoms with Gasteiger partial charge in [-0.3, -0.25) is 0 Å². The van der Waals surface area contributed by atoms with Gasteiger partial charge in [-0.15, -0.1) is 0 Å². The van der Waals surface area contributed by atoms with Crippen LogP contribution < -0.4 is 4.74 Å². The normalized spacial score (nSPS) is 10.5. The molecule has 2 nitrogen and oxygen atoms in total. The van der Waals surface area contributed by atoms with Crippen LogP contribution in [-0.2, 0) is 0 Å². The van der Waals surface area contributed by atoms with E-state index in [-0.39, 0.29) is 5.75 Å². The Hall–Kier alpha value is -0.960. The van der Waals surface area contributed by atoms with Crippen molar-refractivity contribution in [2.45, 2.75) is 0 Å². The second kappa shape index (κ2) is 5.65. The standard InChI is InChI=1S/C10H11BrO2/c11-7-3-4-8-13-10-6-2-1-5-9(10)12/h1-6,12H,7-8H2. The minimum atomic E-state index is 0.176. The van der Waals surface area contributed by atoms with Gasteiger partial charge >= 0.3 is 0 Å². The summed E-state index contributed by atoms with van der Waals surface area (Å²) in [7, 11) is 0. The molecular formula is C10H11BrO2. The molecule has 3 heteroatoms. The third-order valence-electron chi connectivity index (χ3n) is 1.46. The first-order chi connectivity index (χ1) is 6.34. The number of alkyl halides is 1. The summed E-state index contributed by atoms with van der Waals surface area (Å²) in [6.07, 6.45) is 3.83. The van der Waals surface area contributed by atoms with E-state index in [0.29, 0.717) is 12.4 Å². The number of hydrogen-bond acceptors (Lipinski definition) is 2. The quantitative estimate of drug-likeness (QED) is 0.650. The molecule has 0 heterocycles. The van der Waals surface area contributed by atoms with Gasteiger partial charge in [0.15, 0.2) is 11.5 Å². The second-order valence-corrected chi connectivity index (χ2v) is 3.05. The lowest BCUT2D eigenvalue weighted by atomic mass is 10.3.